The zero-order valence-corrected chi connectivity index (χ0v) is 16.4. The van der Waals surface area contributed by atoms with Gasteiger partial charge in [-0.25, -0.2) is 0 Å². The van der Waals surface area contributed by atoms with Crippen LogP contribution in [0.1, 0.15) is 31.2 Å². The molecule has 26 heavy (non-hydrogen) atoms. The maximum atomic E-state index is 12.9. The van der Waals surface area contributed by atoms with Crippen LogP contribution in [0.4, 0.5) is 5.69 Å². The van der Waals surface area contributed by atoms with Crippen molar-refractivity contribution in [2.45, 2.75) is 39.8 Å². The number of ether oxygens (including phenoxy) is 2. The fourth-order valence-electron chi connectivity index (χ4n) is 3.17. The molecular formula is C20H26N2O3S. The average molecular weight is 375 g/mol. The molecule has 6 heteroatoms. The predicted octanol–water partition coefficient (Wildman–Crippen LogP) is 3.93. The van der Waals surface area contributed by atoms with Crippen LogP contribution >= 0.6 is 11.3 Å². The number of nitrogens with zero attached hydrogens (tertiary/aromatic N) is 1. The van der Waals surface area contributed by atoms with E-state index in [2.05, 4.69) is 16.8 Å². The number of benzene rings is 1. The summed E-state index contributed by atoms with van der Waals surface area (Å²) in [4.78, 5) is 16.2. The lowest BCUT2D eigenvalue weighted by Crippen LogP contribution is -2.43. The molecule has 1 unspecified atom stereocenters. The molecule has 2 heterocycles. The summed E-state index contributed by atoms with van der Waals surface area (Å²) in [6.07, 6.45) is 0.940. The van der Waals surface area contributed by atoms with Gasteiger partial charge in [0.15, 0.2) is 0 Å². The summed E-state index contributed by atoms with van der Waals surface area (Å²) in [5.41, 5.74) is 2.06. The molecule has 140 valence electrons. The molecule has 1 aliphatic heterocycles. The summed E-state index contributed by atoms with van der Waals surface area (Å²) in [7, 11) is 0. The highest BCUT2D eigenvalue weighted by Crippen LogP contribution is 2.31. The van der Waals surface area contributed by atoms with Crippen molar-refractivity contribution in [2.75, 3.05) is 25.1 Å². The van der Waals surface area contributed by atoms with Gasteiger partial charge in [0.2, 0.25) is 5.91 Å². The van der Waals surface area contributed by atoms with Crippen LogP contribution in [0.25, 0.3) is 0 Å². The minimum Gasteiger partial charge on any atom is -0.494 e. The van der Waals surface area contributed by atoms with E-state index in [4.69, 9.17) is 9.47 Å². The molecule has 1 amide bonds. The Hall–Kier alpha value is -2.21. The van der Waals surface area contributed by atoms with E-state index in [9.17, 15) is 4.79 Å². The molecule has 0 bridgehead atoms. The van der Waals surface area contributed by atoms with Crippen LogP contribution < -0.4 is 14.8 Å². The quantitative estimate of drug-likeness (QED) is 0.798. The summed E-state index contributed by atoms with van der Waals surface area (Å²) in [6, 6.07) is 7.44. The summed E-state index contributed by atoms with van der Waals surface area (Å²) >= 11 is 1.78. The van der Waals surface area contributed by atoms with Gasteiger partial charge in [0, 0.05) is 24.0 Å². The van der Waals surface area contributed by atoms with Crippen molar-refractivity contribution in [1.29, 1.82) is 0 Å². The zero-order chi connectivity index (χ0) is 18.5. The summed E-state index contributed by atoms with van der Waals surface area (Å²) in [6.45, 7) is 8.42. The van der Waals surface area contributed by atoms with E-state index in [1.165, 1.54) is 10.4 Å². The second-order valence-electron chi connectivity index (χ2n) is 6.27. The Bertz CT molecular complexity index is 759. The Morgan fingerprint density at radius 1 is 1.27 bits per heavy atom. The fraction of sp³-hybridized carbons (Fsp3) is 0.450. The van der Waals surface area contributed by atoms with E-state index in [0.29, 0.717) is 19.8 Å². The topological polar surface area (TPSA) is 50.8 Å². The van der Waals surface area contributed by atoms with Crippen LogP contribution in [0, 0.1) is 0 Å². The second kappa shape index (κ2) is 8.45. The van der Waals surface area contributed by atoms with E-state index in [-0.39, 0.29) is 11.9 Å². The summed E-state index contributed by atoms with van der Waals surface area (Å²) in [5.74, 6) is 1.60. The molecule has 3 rings (SSSR count). The van der Waals surface area contributed by atoms with Crippen molar-refractivity contribution in [3.05, 3.63) is 40.1 Å². The van der Waals surface area contributed by atoms with E-state index in [1.807, 2.05) is 43.9 Å². The van der Waals surface area contributed by atoms with E-state index in [0.717, 1.165) is 30.2 Å². The third-order valence-corrected chi connectivity index (χ3v) is 5.45. The molecule has 1 aromatic carbocycles. The van der Waals surface area contributed by atoms with Gasteiger partial charge in [-0.3, -0.25) is 4.79 Å². The van der Waals surface area contributed by atoms with Crippen LogP contribution in [0.5, 0.6) is 11.5 Å². The molecule has 0 saturated carbocycles. The molecule has 0 saturated heterocycles. The number of anilines is 1. The van der Waals surface area contributed by atoms with Crippen LogP contribution in [0.15, 0.2) is 29.6 Å². The van der Waals surface area contributed by atoms with Gasteiger partial charge in [-0.1, -0.05) is 0 Å². The molecule has 0 radical (unpaired) electrons. The molecule has 1 aromatic heterocycles. The maximum absolute atomic E-state index is 12.9. The molecule has 1 atom stereocenters. The SMILES string of the molecule is CCOc1ccc(OCC)c(NC(C)C(=O)N2CCc3sccc3C2)c1. The number of amides is 1. The van der Waals surface area contributed by atoms with Gasteiger partial charge in [0.25, 0.3) is 0 Å². The van der Waals surface area contributed by atoms with Gasteiger partial charge in [-0.2, -0.15) is 0 Å². The van der Waals surface area contributed by atoms with E-state index in [1.54, 1.807) is 11.3 Å². The average Bonchev–Trinajstić information content (AvgIpc) is 3.11. The molecule has 5 nitrogen and oxygen atoms in total. The number of carbonyl (C=O) groups is 1. The fourth-order valence-corrected chi connectivity index (χ4v) is 4.05. The number of rotatable bonds is 7. The zero-order valence-electron chi connectivity index (χ0n) is 15.6. The number of hydrogen-bond donors (Lipinski definition) is 1. The lowest BCUT2D eigenvalue weighted by atomic mass is 10.1. The Kier molecular flexibility index (Phi) is 6.04. The van der Waals surface area contributed by atoms with Crippen LogP contribution in [-0.4, -0.2) is 36.6 Å². The molecule has 1 aliphatic rings. The molecule has 1 N–H and O–H groups in total. The summed E-state index contributed by atoms with van der Waals surface area (Å²) < 4.78 is 11.3. The Morgan fingerprint density at radius 2 is 2.08 bits per heavy atom. The minimum absolute atomic E-state index is 0.103. The van der Waals surface area contributed by atoms with Crippen molar-refractivity contribution in [3.8, 4) is 11.5 Å². The highest BCUT2D eigenvalue weighted by atomic mass is 32.1. The number of carbonyl (C=O) groups excluding carboxylic acids is 1. The third kappa shape index (κ3) is 4.12. The highest BCUT2D eigenvalue weighted by molar-refractivity contribution is 7.10. The van der Waals surface area contributed by atoms with Gasteiger partial charge >= 0.3 is 0 Å². The number of nitrogens with one attached hydrogen (secondary N) is 1. The lowest BCUT2D eigenvalue weighted by molar-refractivity contribution is -0.132. The van der Waals surface area contributed by atoms with Gasteiger partial charge in [-0.15, -0.1) is 11.3 Å². The first-order valence-electron chi connectivity index (χ1n) is 9.12. The van der Waals surface area contributed by atoms with Gasteiger partial charge in [-0.05, 0) is 56.3 Å². The lowest BCUT2D eigenvalue weighted by Gasteiger charge is -2.30. The molecule has 0 fully saturated rings. The smallest absolute Gasteiger partial charge is 0.245 e. The number of thiophene rings is 1. The summed E-state index contributed by atoms with van der Waals surface area (Å²) in [5, 5.41) is 5.42. The predicted molar refractivity (Wildman–Crippen MR) is 105 cm³/mol. The molecular weight excluding hydrogens is 348 g/mol. The standard InChI is InChI=1S/C20H26N2O3S/c1-4-24-16-6-7-18(25-5-2)17(12-16)21-14(3)20(23)22-10-8-19-15(13-22)9-11-26-19/h6-7,9,11-12,14,21H,4-5,8,10,13H2,1-3H3. The van der Waals surface area contributed by atoms with Crippen molar-refractivity contribution < 1.29 is 14.3 Å². The van der Waals surface area contributed by atoms with Crippen LogP contribution in [0.2, 0.25) is 0 Å². The first-order valence-corrected chi connectivity index (χ1v) is 10.0. The minimum atomic E-state index is -0.341. The van der Waals surface area contributed by atoms with Crippen molar-refractivity contribution in [2.24, 2.45) is 0 Å². The van der Waals surface area contributed by atoms with E-state index >= 15 is 0 Å². The number of hydrogen-bond acceptors (Lipinski definition) is 5. The molecule has 0 spiro atoms. The first kappa shape index (κ1) is 18.6. The van der Waals surface area contributed by atoms with Gasteiger partial charge in [0.1, 0.15) is 17.5 Å². The Morgan fingerprint density at radius 3 is 2.85 bits per heavy atom. The third-order valence-electron chi connectivity index (χ3n) is 4.42. The Labute approximate surface area is 158 Å². The van der Waals surface area contributed by atoms with Crippen molar-refractivity contribution in [3.63, 3.8) is 0 Å². The Balaban J connectivity index is 1.71. The normalized spacial score (nSPS) is 14.5. The monoisotopic (exact) mass is 374 g/mol. The van der Waals surface area contributed by atoms with Crippen LogP contribution in [-0.2, 0) is 17.8 Å². The molecule has 0 aliphatic carbocycles. The number of fused-ring (bicyclic) bond motifs is 1. The first-order chi connectivity index (χ1) is 12.6. The maximum Gasteiger partial charge on any atom is 0.245 e. The van der Waals surface area contributed by atoms with Gasteiger partial charge in [0.05, 0.1) is 18.9 Å². The van der Waals surface area contributed by atoms with Crippen molar-refractivity contribution >= 4 is 22.9 Å². The second-order valence-corrected chi connectivity index (χ2v) is 7.27. The van der Waals surface area contributed by atoms with Gasteiger partial charge < -0.3 is 19.7 Å². The van der Waals surface area contributed by atoms with Crippen LogP contribution in [0.3, 0.4) is 0 Å². The molecule has 2 aromatic rings. The highest BCUT2D eigenvalue weighted by Gasteiger charge is 2.25. The largest absolute Gasteiger partial charge is 0.494 e. The van der Waals surface area contributed by atoms with Crippen molar-refractivity contribution in [1.82, 2.24) is 4.90 Å². The van der Waals surface area contributed by atoms with E-state index < -0.39 is 0 Å².